The van der Waals surface area contributed by atoms with Gasteiger partial charge in [-0.2, -0.15) is 0 Å². The first kappa shape index (κ1) is 12.4. The first-order valence-electron chi connectivity index (χ1n) is 5.93. The Labute approximate surface area is 105 Å². The average Bonchev–Trinajstić information content (AvgIpc) is 2.76. The van der Waals surface area contributed by atoms with Crippen molar-refractivity contribution >= 4 is 17.4 Å². The normalized spacial score (nSPS) is 20.2. The van der Waals surface area contributed by atoms with Crippen LogP contribution in [0.15, 0.2) is 0 Å². The quantitative estimate of drug-likeness (QED) is 0.871. The fourth-order valence-electron chi connectivity index (χ4n) is 2.15. The SMILES string of the molecule is Cc1nnsc1C(=O)N(C)CC1CCCNC1. The van der Waals surface area contributed by atoms with Crippen molar-refractivity contribution < 1.29 is 4.79 Å². The van der Waals surface area contributed by atoms with E-state index in [1.807, 2.05) is 14.0 Å². The lowest BCUT2D eigenvalue weighted by atomic mass is 9.99. The fraction of sp³-hybridized carbons (Fsp3) is 0.727. The molecule has 6 heteroatoms. The number of aryl methyl sites for hydroxylation is 1. The third-order valence-corrected chi connectivity index (χ3v) is 3.94. The Morgan fingerprint density at radius 2 is 2.47 bits per heavy atom. The van der Waals surface area contributed by atoms with Gasteiger partial charge >= 0.3 is 0 Å². The van der Waals surface area contributed by atoms with E-state index in [9.17, 15) is 4.79 Å². The predicted octanol–water partition coefficient (Wildman–Crippen LogP) is 0.918. The lowest BCUT2D eigenvalue weighted by Crippen LogP contribution is -2.39. The van der Waals surface area contributed by atoms with E-state index in [1.54, 1.807) is 4.90 Å². The van der Waals surface area contributed by atoms with Crippen molar-refractivity contribution in [2.75, 3.05) is 26.7 Å². The van der Waals surface area contributed by atoms with Crippen LogP contribution in [-0.4, -0.2) is 47.1 Å². The Morgan fingerprint density at radius 1 is 1.65 bits per heavy atom. The summed E-state index contributed by atoms with van der Waals surface area (Å²) >= 11 is 1.18. The number of rotatable bonds is 3. The molecular weight excluding hydrogens is 236 g/mol. The van der Waals surface area contributed by atoms with Crippen molar-refractivity contribution in [1.82, 2.24) is 19.8 Å². The van der Waals surface area contributed by atoms with Gasteiger partial charge in [0.2, 0.25) is 0 Å². The molecule has 1 aromatic rings. The second-order valence-corrected chi connectivity index (χ2v) is 5.34. The van der Waals surface area contributed by atoms with E-state index in [4.69, 9.17) is 0 Å². The lowest BCUT2D eigenvalue weighted by Gasteiger charge is -2.27. The number of nitrogens with zero attached hydrogens (tertiary/aromatic N) is 3. The van der Waals surface area contributed by atoms with Gasteiger partial charge in [-0.3, -0.25) is 4.79 Å². The Hall–Kier alpha value is -1.01. The molecule has 5 nitrogen and oxygen atoms in total. The Kier molecular flexibility index (Phi) is 4.06. The molecule has 2 rings (SSSR count). The van der Waals surface area contributed by atoms with Gasteiger partial charge in [0.25, 0.3) is 5.91 Å². The van der Waals surface area contributed by atoms with Gasteiger partial charge in [-0.1, -0.05) is 4.49 Å². The molecular formula is C11H18N4OS. The molecule has 0 saturated carbocycles. The number of carbonyl (C=O) groups is 1. The summed E-state index contributed by atoms with van der Waals surface area (Å²) in [5.41, 5.74) is 0.730. The van der Waals surface area contributed by atoms with E-state index < -0.39 is 0 Å². The highest BCUT2D eigenvalue weighted by molar-refractivity contribution is 7.07. The van der Waals surface area contributed by atoms with Gasteiger partial charge in [0.05, 0.1) is 5.69 Å². The highest BCUT2D eigenvalue weighted by Crippen LogP contribution is 2.15. The van der Waals surface area contributed by atoms with Crippen molar-refractivity contribution in [2.45, 2.75) is 19.8 Å². The van der Waals surface area contributed by atoms with Crippen molar-refractivity contribution in [1.29, 1.82) is 0 Å². The molecule has 0 spiro atoms. The van der Waals surface area contributed by atoms with Crippen LogP contribution in [0.5, 0.6) is 0 Å². The van der Waals surface area contributed by atoms with Crippen LogP contribution in [0.3, 0.4) is 0 Å². The second-order valence-electron chi connectivity index (χ2n) is 4.59. The van der Waals surface area contributed by atoms with Crippen LogP contribution in [0.1, 0.15) is 28.2 Å². The molecule has 1 aliphatic heterocycles. The maximum atomic E-state index is 12.1. The summed E-state index contributed by atoms with van der Waals surface area (Å²) in [6, 6.07) is 0. The number of hydrogen-bond donors (Lipinski definition) is 1. The standard InChI is InChI=1S/C11H18N4OS/c1-8-10(17-14-13-8)11(16)15(2)7-9-4-3-5-12-6-9/h9,12H,3-7H2,1-2H3. The molecule has 0 bridgehead atoms. The summed E-state index contributed by atoms with van der Waals surface area (Å²) in [6.45, 7) is 4.75. The van der Waals surface area contributed by atoms with Gasteiger partial charge in [-0.05, 0) is 50.3 Å². The van der Waals surface area contributed by atoms with E-state index in [2.05, 4.69) is 14.9 Å². The maximum absolute atomic E-state index is 12.1. The summed E-state index contributed by atoms with van der Waals surface area (Å²) in [5.74, 6) is 0.613. The third-order valence-electron chi connectivity index (χ3n) is 3.12. The van der Waals surface area contributed by atoms with E-state index >= 15 is 0 Å². The number of nitrogens with one attached hydrogen (secondary N) is 1. The molecule has 1 aromatic heterocycles. The van der Waals surface area contributed by atoms with E-state index in [0.29, 0.717) is 10.8 Å². The van der Waals surface area contributed by atoms with Crippen molar-refractivity contribution in [2.24, 2.45) is 5.92 Å². The average molecular weight is 254 g/mol. The molecule has 17 heavy (non-hydrogen) atoms. The Balaban J connectivity index is 1.93. The second kappa shape index (κ2) is 5.55. The van der Waals surface area contributed by atoms with Gasteiger partial charge in [0, 0.05) is 13.6 Å². The monoisotopic (exact) mass is 254 g/mol. The maximum Gasteiger partial charge on any atom is 0.267 e. The van der Waals surface area contributed by atoms with Crippen molar-refractivity contribution in [3.05, 3.63) is 10.6 Å². The van der Waals surface area contributed by atoms with Gasteiger partial charge in [-0.15, -0.1) is 5.10 Å². The molecule has 1 N–H and O–H groups in total. The Bertz CT molecular complexity index is 387. The van der Waals surface area contributed by atoms with Crippen molar-refractivity contribution in [3.8, 4) is 0 Å². The number of carbonyl (C=O) groups excluding carboxylic acids is 1. The molecule has 94 valence electrons. The summed E-state index contributed by atoms with van der Waals surface area (Å²) in [6.07, 6.45) is 2.40. The molecule has 2 heterocycles. The smallest absolute Gasteiger partial charge is 0.267 e. The van der Waals surface area contributed by atoms with Crippen LogP contribution in [0.2, 0.25) is 0 Å². The van der Waals surface area contributed by atoms with E-state index in [1.165, 1.54) is 24.4 Å². The van der Waals surface area contributed by atoms with Gasteiger partial charge < -0.3 is 10.2 Å². The molecule has 1 unspecified atom stereocenters. The minimum atomic E-state index is 0.0445. The molecule has 1 amide bonds. The van der Waals surface area contributed by atoms with Crippen LogP contribution in [-0.2, 0) is 0 Å². The number of hydrogen-bond acceptors (Lipinski definition) is 5. The third kappa shape index (κ3) is 3.01. The number of aromatic nitrogens is 2. The fourth-order valence-corrected chi connectivity index (χ4v) is 2.80. The lowest BCUT2D eigenvalue weighted by molar-refractivity contribution is 0.0768. The molecule has 1 aliphatic rings. The largest absolute Gasteiger partial charge is 0.341 e. The van der Waals surface area contributed by atoms with Crippen LogP contribution in [0.4, 0.5) is 0 Å². The molecule has 0 aromatic carbocycles. The number of piperidine rings is 1. The predicted molar refractivity (Wildman–Crippen MR) is 67.2 cm³/mol. The zero-order valence-corrected chi connectivity index (χ0v) is 11.1. The minimum absolute atomic E-state index is 0.0445. The topological polar surface area (TPSA) is 58.1 Å². The molecule has 0 radical (unpaired) electrons. The van der Waals surface area contributed by atoms with Gasteiger partial charge in [0.15, 0.2) is 0 Å². The highest BCUT2D eigenvalue weighted by atomic mass is 32.1. The first-order chi connectivity index (χ1) is 8.18. The first-order valence-corrected chi connectivity index (χ1v) is 6.71. The van der Waals surface area contributed by atoms with Gasteiger partial charge in [0.1, 0.15) is 4.88 Å². The van der Waals surface area contributed by atoms with Crippen molar-refractivity contribution in [3.63, 3.8) is 0 Å². The van der Waals surface area contributed by atoms with Crippen LogP contribution in [0, 0.1) is 12.8 Å². The summed E-state index contributed by atoms with van der Waals surface area (Å²) in [4.78, 5) is 14.6. The zero-order valence-electron chi connectivity index (χ0n) is 10.3. The summed E-state index contributed by atoms with van der Waals surface area (Å²) in [5, 5.41) is 7.24. The van der Waals surface area contributed by atoms with Crippen LogP contribution < -0.4 is 5.32 Å². The molecule has 1 atom stereocenters. The zero-order chi connectivity index (χ0) is 12.3. The molecule has 1 fully saturated rings. The Morgan fingerprint density at radius 3 is 3.06 bits per heavy atom. The summed E-state index contributed by atoms with van der Waals surface area (Å²) in [7, 11) is 1.86. The minimum Gasteiger partial charge on any atom is -0.341 e. The summed E-state index contributed by atoms with van der Waals surface area (Å²) < 4.78 is 3.80. The highest BCUT2D eigenvalue weighted by Gasteiger charge is 2.21. The van der Waals surface area contributed by atoms with E-state index in [-0.39, 0.29) is 5.91 Å². The van der Waals surface area contributed by atoms with Crippen LogP contribution in [0.25, 0.3) is 0 Å². The molecule has 1 saturated heterocycles. The number of amides is 1. The van der Waals surface area contributed by atoms with Crippen LogP contribution >= 0.6 is 11.5 Å². The molecule has 0 aliphatic carbocycles. The van der Waals surface area contributed by atoms with E-state index in [0.717, 1.165) is 25.3 Å². The van der Waals surface area contributed by atoms with Gasteiger partial charge in [-0.25, -0.2) is 0 Å².